The lowest BCUT2D eigenvalue weighted by atomic mass is 9.73. The van der Waals surface area contributed by atoms with E-state index in [4.69, 9.17) is 0 Å². The second kappa shape index (κ2) is 11.9. The van der Waals surface area contributed by atoms with Crippen LogP contribution in [0.3, 0.4) is 0 Å². The Morgan fingerprint density at radius 2 is 0.654 bits per heavy atom. The summed E-state index contributed by atoms with van der Waals surface area (Å²) < 4.78 is 0. The third-order valence-corrected chi connectivity index (χ3v) is 11.7. The van der Waals surface area contributed by atoms with Gasteiger partial charge in [0.2, 0.25) is 0 Å². The molecule has 7 aromatic carbocycles. The molecule has 0 atom stereocenters. The first kappa shape index (κ1) is 32.1. The summed E-state index contributed by atoms with van der Waals surface area (Å²) in [5.74, 6) is 0. The molecule has 0 spiro atoms. The Balaban J connectivity index is 1.21. The molecule has 0 aromatic heterocycles. The molecule has 2 nitrogen and oxygen atoms in total. The van der Waals surface area contributed by atoms with E-state index in [1.54, 1.807) is 0 Å². The van der Waals surface area contributed by atoms with Gasteiger partial charge < -0.3 is 9.80 Å². The Kier molecular flexibility index (Phi) is 7.31. The van der Waals surface area contributed by atoms with Gasteiger partial charge in [0.05, 0.1) is 0 Å². The van der Waals surface area contributed by atoms with Gasteiger partial charge in [-0.05, 0) is 142 Å². The van der Waals surface area contributed by atoms with Crippen LogP contribution in [0.5, 0.6) is 0 Å². The van der Waals surface area contributed by atoms with Crippen LogP contribution in [0.15, 0.2) is 158 Å². The van der Waals surface area contributed by atoms with Gasteiger partial charge in [0, 0.05) is 45.0 Å². The highest BCUT2D eigenvalue weighted by atomic mass is 15.1. The van der Waals surface area contributed by atoms with Gasteiger partial charge in [0.25, 0.3) is 0 Å². The number of rotatable bonds is 6. The monoisotopic (exact) mass is 672 g/mol. The highest BCUT2D eigenvalue weighted by Crippen LogP contribution is 2.61. The van der Waals surface area contributed by atoms with Crippen molar-refractivity contribution in [2.75, 3.05) is 9.80 Å². The second-order valence-electron chi connectivity index (χ2n) is 15.5. The molecule has 0 bridgehead atoms. The van der Waals surface area contributed by atoms with E-state index in [9.17, 15) is 0 Å². The zero-order valence-electron chi connectivity index (χ0n) is 30.9. The molecule has 0 unspecified atom stereocenters. The molecule has 0 radical (unpaired) electrons. The Morgan fingerprint density at radius 3 is 0.962 bits per heavy atom. The molecule has 254 valence electrons. The van der Waals surface area contributed by atoms with Crippen LogP contribution >= 0.6 is 0 Å². The van der Waals surface area contributed by atoms with E-state index in [0.717, 1.165) is 22.7 Å². The minimum absolute atomic E-state index is 0.170. The molecule has 2 aliphatic carbocycles. The highest BCUT2D eigenvalue weighted by molar-refractivity contribution is 5.97. The lowest BCUT2D eigenvalue weighted by molar-refractivity contribution is 0.630. The SMILES string of the molecule is Cc1c2c(c(C)c3c1-c1ccc(N(c4ccccc4)c4ccccc4)cc1C3(C)C)C(C)(C)c1cc(N(c3ccccc3)c3ccccc3)ccc1-2. The summed E-state index contributed by atoms with van der Waals surface area (Å²) in [5.41, 5.74) is 20.7. The number of hydrogen-bond acceptors (Lipinski definition) is 2. The van der Waals surface area contributed by atoms with Crippen molar-refractivity contribution < 1.29 is 0 Å². The summed E-state index contributed by atoms with van der Waals surface area (Å²) in [7, 11) is 0. The van der Waals surface area contributed by atoms with Crippen molar-refractivity contribution in [3.05, 3.63) is 191 Å². The fourth-order valence-corrected chi connectivity index (χ4v) is 9.52. The molecule has 2 aliphatic rings. The summed E-state index contributed by atoms with van der Waals surface area (Å²) in [4.78, 5) is 4.76. The van der Waals surface area contributed by atoms with E-state index < -0.39 is 0 Å². The van der Waals surface area contributed by atoms with Crippen LogP contribution in [0.2, 0.25) is 0 Å². The van der Waals surface area contributed by atoms with Gasteiger partial charge in [-0.2, -0.15) is 0 Å². The van der Waals surface area contributed by atoms with E-state index in [0.29, 0.717) is 0 Å². The van der Waals surface area contributed by atoms with Crippen LogP contribution in [-0.4, -0.2) is 0 Å². The fraction of sp³-hybridized carbons (Fsp3) is 0.160. The molecule has 52 heavy (non-hydrogen) atoms. The topological polar surface area (TPSA) is 6.48 Å². The van der Waals surface area contributed by atoms with Crippen LogP contribution in [-0.2, 0) is 10.8 Å². The van der Waals surface area contributed by atoms with Gasteiger partial charge >= 0.3 is 0 Å². The Bertz CT molecular complexity index is 2210. The molecule has 2 heteroatoms. The van der Waals surface area contributed by atoms with Gasteiger partial charge in [0.1, 0.15) is 0 Å². The van der Waals surface area contributed by atoms with Crippen molar-refractivity contribution in [1.29, 1.82) is 0 Å². The van der Waals surface area contributed by atoms with Crippen LogP contribution < -0.4 is 9.80 Å². The molecule has 0 amide bonds. The summed E-state index contributed by atoms with van der Waals surface area (Å²) in [6.07, 6.45) is 0. The highest BCUT2D eigenvalue weighted by Gasteiger charge is 2.45. The minimum Gasteiger partial charge on any atom is -0.310 e. The summed E-state index contributed by atoms with van der Waals surface area (Å²) in [5, 5.41) is 0. The quantitative estimate of drug-likeness (QED) is 0.173. The van der Waals surface area contributed by atoms with Crippen LogP contribution in [0, 0.1) is 13.8 Å². The number of para-hydroxylation sites is 4. The van der Waals surface area contributed by atoms with Crippen molar-refractivity contribution in [2.45, 2.75) is 52.4 Å². The zero-order valence-corrected chi connectivity index (χ0v) is 30.9. The van der Waals surface area contributed by atoms with Gasteiger partial charge in [-0.1, -0.05) is 113 Å². The number of hydrogen-bond donors (Lipinski definition) is 0. The van der Waals surface area contributed by atoms with Crippen molar-refractivity contribution >= 4 is 34.1 Å². The molecule has 9 rings (SSSR count). The van der Waals surface area contributed by atoms with Crippen LogP contribution in [0.4, 0.5) is 34.1 Å². The summed E-state index contributed by atoms with van der Waals surface area (Å²) >= 11 is 0. The molecule has 0 saturated heterocycles. The molecule has 0 N–H and O–H groups in total. The molecule has 0 fully saturated rings. The van der Waals surface area contributed by atoms with Crippen molar-refractivity contribution in [2.24, 2.45) is 0 Å². The van der Waals surface area contributed by atoms with Gasteiger partial charge in [-0.15, -0.1) is 0 Å². The van der Waals surface area contributed by atoms with Gasteiger partial charge in [0.15, 0.2) is 0 Å². The number of anilines is 6. The Labute approximate surface area is 308 Å². The first-order valence-corrected chi connectivity index (χ1v) is 18.5. The van der Waals surface area contributed by atoms with E-state index in [2.05, 4.69) is 209 Å². The molecular weight excluding hydrogens is 629 g/mol. The molecule has 7 aromatic rings. The predicted octanol–water partition coefficient (Wildman–Crippen LogP) is 13.9. The number of nitrogens with zero attached hydrogens (tertiary/aromatic N) is 2. The van der Waals surface area contributed by atoms with E-state index in [-0.39, 0.29) is 10.8 Å². The Hall–Kier alpha value is -5.86. The van der Waals surface area contributed by atoms with E-state index >= 15 is 0 Å². The smallest absolute Gasteiger partial charge is 0.0465 e. The third kappa shape index (κ3) is 4.70. The summed E-state index contributed by atoms with van der Waals surface area (Å²) in [6, 6.07) is 57.2. The van der Waals surface area contributed by atoms with Crippen molar-refractivity contribution in [3.63, 3.8) is 0 Å². The maximum Gasteiger partial charge on any atom is 0.0465 e. The van der Waals surface area contributed by atoms with Crippen LogP contribution in [0.25, 0.3) is 22.3 Å². The van der Waals surface area contributed by atoms with Gasteiger partial charge in [-0.3, -0.25) is 0 Å². The average molecular weight is 673 g/mol. The Morgan fingerprint density at radius 1 is 0.346 bits per heavy atom. The molecular formula is C50H44N2. The predicted molar refractivity (Wildman–Crippen MR) is 220 cm³/mol. The fourth-order valence-electron chi connectivity index (χ4n) is 9.52. The largest absolute Gasteiger partial charge is 0.310 e. The van der Waals surface area contributed by atoms with Crippen molar-refractivity contribution in [3.8, 4) is 22.3 Å². The molecule has 0 aliphatic heterocycles. The van der Waals surface area contributed by atoms with Crippen LogP contribution in [0.1, 0.15) is 61.1 Å². The van der Waals surface area contributed by atoms with E-state index in [1.165, 1.54) is 67.0 Å². The van der Waals surface area contributed by atoms with Gasteiger partial charge in [-0.25, -0.2) is 0 Å². The zero-order chi connectivity index (χ0) is 35.8. The lowest BCUT2D eigenvalue weighted by Gasteiger charge is -2.31. The molecule has 0 saturated carbocycles. The minimum atomic E-state index is -0.170. The number of fused-ring (bicyclic) bond motifs is 6. The van der Waals surface area contributed by atoms with E-state index in [1.807, 2.05) is 0 Å². The maximum atomic E-state index is 2.45. The standard InChI is InChI=1S/C50H44N2/c1-33-45-41-29-27-39(51(35-19-11-7-12-20-35)36-21-13-8-14-22-36)31-43(41)49(3,4)47(45)34(2)48-46(33)42-30-28-40(32-44(42)50(48,5)6)52(37-23-15-9-16-24-37)38-25-17-10-18-26-38/h7-32H,1-6H3. The first-order chi connectivity index (χ1) is 25.2. The first-order valence-electron chi connectivity index (χ1n) is 18.5. The second-order valence-corrected chi connectivity index (χ2v) is 15.5. The third-order valence-electron chi connectivity index (χ3n) is 11.7. The normalized spacial score (nSPS) is 14.3. The average Bonchev–Trinajstić information content (AvgIpc) is 3.56. The number of benzene rings is 7. The maximum absolute atomic E-state index is 2.45. The summed E-state index contributed by atoms with van der Waals surface area (Å²) in [6.45, 7) is 14.5. The van der Waals surface area contributed by atoms with Crippen molar-refractivity contribution in [1.82, 2.24) is 0 Å². The molecule has 0 heterocycles. The lowest BCUT2D eigenvalue weighted by Crippen LogP contribution is -2.22.